The average molecular weight is 399 g/mol. The standard InChI is InChI=1S/C25H25N3O2/c1-18-22(20-9-4-3-5-10-20)12-7-13-23(18)25-26-24(27-30-25)21-11-6-8-19(16-21)17-28(2)14-15-29/h3-13,16,29H,14-15,17H2,1-2H3. The van der Waals surface area contributed by atoms with Crippen molar-refractivity contribution in [1.82, 2.24) is 15.0 Å². The van der Waals surface area contributed by atoms with E-state index in [0.29, 0.717) is 18.3 Å². The molecule has 3 aromatic carbocycles. The summed E-state index contributed by atoms with van der Waals surface area (Å²) in [5.41, 5.74) is 6.42. The lowest BCUT2D eigenvalue weighted by atomic mass is 9.96. The first-order valence-corrected chi connectivity index (χ1v) is 10.0. The van der Waals surface area contributed by atoms with Crippen molar-refractivity contribution in [1.29, 1.82) is 0 Å². The highest BCUT2D eigenvalue weighted by Gasteiger charge is 2.15. The number of hydrogen-bond donors (Lipinski definition) is 1. The summed E-state index contributed by atoms with van der Waals surface area (Å²) in [4.78, 5) is 6.74. The normalized spacial score (nSPS) is 11.2. The highest BCUT2D eigenvalue weighted by molar-refractivity contribution is 5.75. The molecule has 1 heterocycles. The van der Waals surface area contributed by atoms with E-state index in [1.54, 1.807) is 0 Å². The van der Waals surface area contributed by atoms with Crippen molar-refractivity contribution in [2.24, 2.45) is 0 Å². The van der Waals surface area contributed by atoms with Gasteiger partial charge >= 0.3 is 0 Å². The van der Waals surface area contributed by atoms with Gasteiger partial charge in [-0.15, -0.1) is 0 Å². The summed E-state index contributed by atoms with van der Waals surface area (Å²) >= 11 is 0. The van der Waals surface area contributed by atoms with Crippen molar-refractivity contribution >= 4 is 0 Å². The van der Waals surface area contributed by atoms with Crippen LogP contribution >= 0.6 is 0 Å². The van der Waals surface area contributed by atoms with Crippen molar-refractivity contribution in [3.63, 3.8) is 0 Å². The van der Waals surface area contributed by atoms with Crippen LogP contribution in [0, 0.1) is 6.92 Å². The van der Waals surface area contributed by atoms with E-state index in [9.17, 15) is 0 Å². The molecule has 1 aromatic heterocycles. The van der Waals surface area contributed by atoms with Gasteiger partial charge in [0, 0.05) is 24.2 Å². The number of likely N-dealkylation sites (N-methyl/N-ethyl adjacent to an activating group) is 1. The van der Waals surface area contributed by atoms with Crippen LogP contribution in [0.15, 0.2) is 77.3 Å². The van der Waals surface area contributed by atoms with E-state index in [1.807, 2.05) is 49.5 Å². The van der Waals surface area contributed by atoms with E-state index in [4.69, 9.17) is 9.63 Å². The molecule has 0 aliphatic carbocycles. The Kier molecular flexibility index (Phi) is 6.02. The van der Waals surface area contributed by atoms with Crippen molar-refractivity contribution < 1.29 is 9.63 Å². The van der Waals surface area contributed by atoms with E-state index in [-0.39, 0.29) is 6.61 Å². The van der Waals surface area contributed by atoms with E-state index in [1.165, 1.54) is 0 Å². The fraction of sp³-hybridized carbons (Fsp3) is 0.200. The van der Waals surface area contributed by atoms with Crippen LogP contribution in [0.3, 0.4) is 0 Å². The minimum absolute atomic E-state index is 0.145. The molecular weight excluding hydrogens is 374 g/mol. The third kappa shape index (κ3) is 4.32. The molecule has 152 valence electrons. The Hall–Kier alpha value is -3.28. The van der Waals surface area contributed by atoms with Crippen molar-refractivity contribution in [3.8, 4) is 34.0 Å². The summed E-state index contributed by atoms with van der Waals surface area (Å²) < 4.78 is 5.63. The lowest BCUT2D eigenvalue weighted by molar-refractivity contribution is 0.217. The monoisotopic (exact) mass is 399 g/mol. The van der Waals surface area contributed by atoms with Crippen molar-refractivity contribution in [2.45, 2.75) is 13.5 Å². The van der Waals surface area contributed by atoms with Gasteiger partial charge in [0.05, 0.1) is 6.61 Å². The van der Waals surface area contributed by atoms with Crippen LogP contribution < -0.4 is 0 Å². The molecular formula is C25H25N3O2. The summed E-state index contributed by atoms with van der Waals surface area (Å²) in [5.74, 6) is 1.09. The van der Waals surface area contributed by atoms with E-state index >= 15 is 0 Å². The zero-order valence-electron chi connectivity index (χ0n) is 17.2. The van der Waals surface area contributed by atoms with Gasteiger partial charge in [-0.3, -0.25) is 4.90 Å². The van der Waals surface area contributed by atoms with Crippen molar-refractivity contribution in [2.75, 3.05) is 20.2 Å². The van der Waals surface area contributed by atoms with Gasteiger partial charge in [-0.1, -0.05) is 65.8 Å². The Morgan fingerprint density at radius 1 is 0.900 bits per heavy atom. The highest BCUT2D eigenvalue weighted by Crippen LogP contribution is 2.32. The molecule has 0 radical (unpaired) electrons. The molecule has 5 heteroatoms. The van der Waals surface area contributed by atoms with Gasteiger partial charge in [-0.2, -0.15) is 4.98 Å². The molecule has 0 amide bonds. The molecule has 0 unspecified atom stereocenters. The average Bonchev–Trinajstić information content (AvgIpc) is 3.25. The maximum Gasteiger partial charge on any atom is 0.258 e. The molecule has 5 nitrogen and oxygen atoms in total. The minimum atomic E-state index is 0.145. The lowest BCUT2D eigenvalue weighted by Gasteiger charge is -2.15. The van der Waals surface area contributed by atoms with E-state index in [2.05, 4.69) is 52.3 Å². The molecule has 4 rings (SSSR count). The smallest absolute Gasteiger partial charge is 0.258 e. The molecule has 0 bridgehead atoms. The van der Waals surface area contributed by atoms with Crippen LogP contribution in [0.25, 0.3) is 34.0 Å². The second kappa shape index (κ2) is 9.03. The van der Waals surface area contributed by atoms with Crippen molar-refractivity contribution in [3.05, 3.63) is 83.9 Å². The molecule has 0 saturated carbocycles. The maximum absolute atomic E-state index is 9.10. The summed E-state index contributed by atoms with van der Waals surface area (Å²) in [5, 5.41) is 13.3. The second-order valence-electron chi connectivity index (χ2n) is 7.43. The van der Waals surface area contributed by atoms with E-state index in [0.717, 1.165) is 39.9 Å². The van der Waals surface area contributed by atoms with Crippen LogP contribution in [0.4, 0.5) is 0 Å². The van der Waals surface area contributed by atoms with Crippen LogP contribution in [-0.4, -0.2) is 40.3 Å². The van der Waals surface area contributed by atoms with Crippen LogP contribution in [0.1, 0.15) is 11.1 Å². The van der Waals surface area contributed by atoms with Gasteiger partial charge in [-0.25, -0.2) is 0 Å². The first kappa shape index (κ1) is 20.0. The highest BCUT2D eigenvalue weighted by atomic mass is 16.5. The molecule has 0 saturated heterocycles. The first-order valence-electron chi connectivity index (χ1n) is 10.0. The Bertz CT molecular complexity index is 1120. The molecule has 0 atom stereocenters. The van der Waals surface area contributed by atoms with Crippen LogP contribution in [-0.2, 0) is 6.54 Å². The third-order valence-electron chi connectivity index (χ3n) is 5.19. The third-order valence-corrected chi connectivity index (χ3v) is 5.19. The van der Waals surface area contributed by atoms with Gasteiger partial charge in [0.1, 0.15) is 0 Å². The summed E-state index contributed by atoms with van der Waals surface area (Å²) in [7, 11) is 1.98. The number of aromatic nitrogens is 2. The van der Waals surface area contributed by atoms with Crippen LogP contribution in [0.5, 0.6) is 0 Å². The zero-order chi connectivity index (χ0) is 20.9. The summed E-state index contributed by atoms with van der Waals surface area (Å²) in [6.07, 6.45) is 0. The number of nitrogens with zero attached hydrogens (tertiary/aromatic N) is 3. The molecule has 0 aliphatic heterocycles. The Morgan fingerprint density at radius 3 is 2.43 bits per heavy atom. The predicted octanol–water partition coefficient (Wildman–Crippen LogP) is 4.80. The number of hydrogen-bond acceptors (Lipinski definition) is 5. The predicted molar refractivity (Wildman–Crippen MR) is 119 cm³/mol. The molecule has 30 heavy (non-hydrogen) atoms. The fourth-order valence-electron chi connectivity index (χ4n) is 3.62. The summed E-state index contributed by atoms with van der Waals surface area (Å²) in [6.45, 7) is 3.61. The molecule has 0 spiro atoms. The Labute approximate surface area is 176 Å². The second-order valence-corrected chi connectivity index (χ2v) is 7.43. The Balaban J connectivity index is 1.63. The molecule has 0 aliphatic rings. The zero-order valence-corrected chi connectivity index (χ0v) is 17.2. The number of aliphatic hydroxyl groups excluding tert-OH is 1. The molecule has 0 fully saturated rings. The topological polar surface area (TPSA) is 62.4 Å². The quantitative estimate of drug-likeness (QED) is 0.483. The summed E-state index contributed by atoms with van der Waals surface area (Å²) in [6, 6.07) is 24.5. The number of rotatable bonds is 7. The first-order chi connectivity index (χ1) is 14.7. The van der Waals surface area contributed by atoms with Gasteiger partial charge in [0.15, 0.2) is 0 Å². The number of benzene rings is 3. The van der Waals surface area contributed by atoms with E-state index < -0.39 is 0 Å². The van der Waals surface area contributed by atoms with Crippen LogP contribution in [0.2, 0.25) is 0 Å². The fourth-order valence-corrected chi connectivity index (χ4v) is 3.62. The number of aliphatic hydroxyl groups is 1. The lowest BCUT2D eigenvalue weighted by Crippen LogP contribution is -2.21. The maximum atomic E-state index is 9.10. The van der Waals surface area contributed by atoms with Gasteiger partial charge in [0.2, 0.25) is 5.82 Å². The van der Waals surface area contributed by atoms with Gasteiger partial charge < -0.3 is 9.63 Å². The SMILES string of the molecule is Cc1c(-c2ccccc2)cccc1-c1nc(-c2cccc(CN(C)CCO)c2)no1. The van der Waals surface area contributed by atoms with Gasteiger partial charge in [-0.05, 0) is 48.4 Å². The van der Waals surface area contributed by atoms with Gasteiger partial charge in [0.25, 0.3) is 5.89 Å². The largest absolute Gasteiger partial charge is 0.395 e. The Morgan fingerprint density at radius 2 is 1.63 bits per heavy atom. The molecule has 1 N–H and O–H groups in total. The molecule has 4 aromatic rings. The minimum Gasteiger partial charge on any atom is -0.395 e.